The Morgan fingerprint density at radius 3 is 2.50 bits per heavy atom. The summed E-state index contributed by atoms with van der Waals surface area (Å²) in [6.07, 6.45) is -3.32. The van der Waals surface area contributed by atoms with Crippen molar-refractivity contribution in [1.82, 2.24) is 0 Å². The van der Waals surface area contributed by atoms with Crippen molar-refractivity contribution in [1.29, 1.82) is 0 Å². The molecule has 4 atom stereocenters. The molecule has 1 fully saturated rings. The Morgan fingerprint density at radius 1 is 1.70 bits per heavy atom. The monoisotopic (exact) mass is 145 g/mol. The van der Waals surface area contributed by atoms with Gasteiger partial charge in [0, 0.05) is 6.54 Å². The van der Waals surface area contributed by atoms with Crippen LogP contribution in [0.25, 0.3) is 0 Å². The zero-order chi connectivity index (χ0) is 7.72. The fourth-order valence-corrected chi connectivity index (χ4v) is 0.952. The first-order valence-electron chi connectivity index (χ1n) is 3.10. The zero-order valence-corrected chi connectivity index (χ0v) is 5.40. The van der Waals surface area contributed by atoms with E-state index in [1.165, 1.54) is 0 Å². The summed E-state index contributed by atoms with van der Waals surface area (Å²) in [5, 5.41) is 8.97. The highest BCUT2D eigenvalue weighted by Crippen LogP contribution is 2.20. The van der Waals surface area contributed by atoms with E-state index in [-0.39, 0.29) is 6.54 Å². The van der Waals surface area contributed by atoms with Crippen molar-refractivity contribution in [2.45, 2.75) is 24.4 Å². The fourth-order valence-electron chi connectivity index (χ4n) is 0.952. The SMILES string of the molecule is [B][C@@H]1O[C@H](CN)[C@H](O)[C@@H]1F. The van der Waals surface area contributed by atoms with Crippen LogP contribution in [0.4, 0.5) is 4.39 Å². The topological polar surface area (TPSA) is 55.5 Å². The smallest absolute Gasteiger partial charge is 0.146 e. The van der Waals surface area contributed by atoms with Crippen molar-refractivity contribution in [3.63, 3.8) is 0 Å². The van der Waals surface area contributed by atoms with Gasteiger partial charge in [0.15, 0.2) is 0 Å². The maximum atomic E-state index is 12.6. The lowest BCUT2D eigenvalue weighted by Crippen LogP contribution is -2.33. The van der Waals surface area contributed by atoms with Crippen molar-refractivity contribution in [3.05, 3.63) is 0 Å². The normalized spacial score (nSPS) is 47.9. The summed E-state index contributed by atoms with van der Waals surface area (Å²) in [4.78, 5) is 0. The van der Waals surface area contributed by atoms with Gasteiger partial charge in [-0.1, -0.05) is 0 Å². The summed E-state index contributed by atoms with van der Waals surface area (Å²) in [5.74, 6) is 0. The Bertz CT molecular complexity index is 126. The van der Waals surface area contributed by atoms with Crippen molar-refractivity contribution in [2.75, 3.05) is 6.54 Å². The molecule has 56 valence electrons. The Kier molecular flexibility index (Phi) is 2.28. The second-order valence-electron chi connectivity index (χ2n) is 2.31. The van der Waals surface area contributed by atoms with E-state index in [2.05, 4.69) is 0 Å². The quantitative estimate of drug-likeness (QED) is 0.443. The molecular formula is C5H9BFNO2. The van der Waals surface area contributed by atoms with Crippen LogP contribution in [0, 0.1) is 0 Å². The molecule has 1 saturated heterocycles. The molecule has 1 aliphatic rings. The molecule has 0 unspecified atom stereocenters. The standard InChI is InChI=1S/C5H9BFNO2/c6-5-3(7)4(9)2(1-8)10-5/h2-5,9H,1,8H2/t2-,3+,4+,5-/m1/s1. The summed E-state index contributed by atoms with van der Waals surface area (Å²) in [5.41, 5.74) is 5.14. The lowest BCUT2D eigenvalue weighted by molar-refractivity contribution is 0.0365. The van der Waals surface area contributed by atoms with Gasteiger partial charge in [-0.15, -0.1) is 0 Å². The van der Waals surface area contributed by atoms with Gasteiger partial charge in [0.05, 0.1) is 12.1 Å². The van der Waals surface area contributed by atoms with Crippen molar-refractivity contribution in [3.8, 4) is 0 Å². The number of halogens is 1. The van der Waals surface area contributed by atoms with Gasteiger partial charge in [-0.3, -0.25) is 0 Å². The van der Waals surface area contributed by atoms with Crippen LogP contribution in [0.1, 0.15) is 0 Å². The molecule has 0 aliphatic carbocycles. The highest BCUT2D eigenvalue weighted by molar-refractivity contribution is 6.11. The van der Waals surface area contributed by atoms with Gasteiger partial charge in [0.25, 0.3) is 0 Å². The molecule has 5 heteroatoms. The van der Waals surface area contributed by atoms with Crippen LogP contribution in [0.3, 0.4) is 0 Å². The van der Waals surface area contributed by atoms with Crippen molar-refractivity contribution in [2.24, 2.45) is 5.73 Å². The number of aliphatic hydroxyl groups excluding tert-OH is 1. The third kappa shape index (κ3) is 1.16. The molecule has 1 rings (SSSR count). The summed E-state index contributed by atoms with van der Waals surface area (Å²) >= 11 is 0. The second kappa shape index (κ2) is 2.86. The first kappa shape index (κ1) is 7.98. The first-order valence-corrected chi connectivity index (χ1v) is 3.10. The third-order valence-electron chi connectivity index (χ3n) is 1.59. The second-order valence-corrected chi connectivity index (χ2v) is 2.31. The Morgan fingerprint density at radius 2 is 2.30 bits per heavy atom. The number of ether oxygens (including phenoxy) is 1. The van der Waals surface area contributed by atoms with Gasteiger partial charge in [0.2, 0.25) is 0 Å². The maximum absolute atomic E-state index is 12.6. The largest absolute Gasteiger partial charge is 0.387 e. The minimum absolute atomic E-state index is 0.0925. The number of nitrogens with two attached hydrogens (primary N) is 1. The van der Waals surface area contributed by atoms with E-state index in [1.54, 1.807) is 0 Å². The minimum Gasteiger partial charge on any atom is -0.387 e. The molecule has 0 saturated carbocycles. The minimum atomic E-state index is -1.51. The lowest BCUT2D eigenvalue weighted by Gasteiger charge is -2.09. The van der Waals surface area contributed by atoms with Gasteiger partial charge in [0.1, 0.15) is 20.1 Å². The Labute approximate surface area is 59.8 Å². The molecule has 1 heterocycles. The van der Waals surface area contributed by atoms with Crippen molar-refractivity contribution >= 4 is 7.85 Å². The van der Waals surface area contributed by atoms with Gasteiger partial charge >= 0.3 is 0 Å². The Hall–Kier alpha value is -0.125. The number of aliphatic hydroxyl groups is 1. The Balaban J connectivity index is 2.53. The molecule has 0 amide bonds. The van der Waals surface area contributed by atoms with Gasteiger partial charge in [-0.05, 0) is 0 Å². The molecule has 2 radical (unpaired) electrons. The predicted octanol–water partition coefficient (Wildman–Crippen LogP) is -1.46. The van der Waals surface area contributed by atoms with Gasteiger partial charge in [-0.2, -0.15) is 0 Å². The van der Waals surface area contributed by atoms with E-state index < -0.39 is 24.4 Å². The molecule has 3 nitrogen and oxygen atoms in total. The van der Waals surface area contributed by atoms with Crippen LogP contribution in [0.15, 0.2) is 0 Å². The number of hydrogen-bond donors (Lipinski definition) is 2. The molecule has 0 aromatic carbocycles. The van der Waals surface area contributed by atoms with E-state index in [1.807, 2.05) is 0 Å². The number of alkyl halides is 1. The molecule has 1 aliphatic heterocycles. The molecule has 0 aromatic heterocycles. The number of rotatable bonds is 1. The van der Waals surface area contributed by atoms with Crippen molar-refractivity contribution < 1.29 is 14.2 Å². The maximum Gasteiger partial charge on any atom is 0.146 e. The van der Waals surface area contributed by atoms with Crippen LogP contribution < -0.4 is 5.73 Å². The van der Waals surface area contributed by atoms with E-state index in [4.69, 9.17) is 23.4 Å². The van der Waals surface area contributed by atoms with Crippen LogP contribution in [0.2, 0.25) is 0 Å². The van der Waals surface area contributed by atoms with Crippen LogP contribution in [0.5, 0.6) is 0 Å². The molecule has 3 N–H and O–H groups in total. The molecule has 0 bridgehead atoms. The summed E-state index contributed by atoms with van der Waals surface area (Å²) < 4.78 is 17.4. The molecule has 0 spiro atoms. The lowest BCUT2D eigenvalue weighted by atomic mass is 9.94. The average Bonchev–Trinajstić information content (AvgIpc) is 2.17. The first-order chi connectivity index (χ1) is 4.66. The molecule has 0 aromatic rings. The van der Waals surface area contributed by atoms with Gasteiger partial charge < -0.3 is 15.6 Å². The third-order valence-corrected chi connectivity index (χ3v) is 1.59. The fraction of sp³-hybridized carbons (Fsp3) is 1.00. The number of hydrogen-bond acceptors (Lipinski definition) is 3. The highest BCUT2D eigenvalue weighted by atomic mass is 19.1. The predicted molar refractivity (Wildman–Crippen MR) is 34.4 cm³/mol. The van der Waals surface area contributed by atoms with Crippen LogP contribution >= 0.6 is 0 Å². The van der Waals surface area contributed by atoms with E-state index in [0.717, 1.165) is 0 Å². The molecular weight excluding hydrogens is 136 g/mol. The summed E-state index contributed by atoms with van der Waals surface area (Å²) in [6, 6.07) is -1.02. The van der Waals surface area contributed by atoms with Crippen LogP contribution in [-0.2, 0) is 4.74 Å². The van der Waals surface area contributed by atoms with E-state index in [0.29, 0.717) is 0 Å². The van der Waals surface area contributed by atoms with Crippen LogP contribution in [-0.4, -0.2) is 43.9 Å². The zero-order valence-electron chi connectivity index (χ0n) is 5.40. The summed E-state index contributed by atoms with van der Waals surface area (Å²) in [7, 11) is 5.12. The summed E-state index contributed by atoms with van der Waals surface area (Å²) in [6.45, 7) is 0.0925. The highest BCUT2D eigenvalue weighted by Gasteiger charge is 2.40. The van der Waals surface area contributed by atoms with E-state index >= 15 is 0 Å². The average molecular weight is 145 g/mol. The van der Waals surface area contributed by atoms with E-state index in [9.17, 15) is 4.39 Å². The van der Waals surface area contributed by atoms with Gasteiger partial charge in [-0.25, -0.2) is 4.39 Å². The molecule has 10 heavy (non-hydrogen) atoms.